The monoisotopic (exact) mass is 112 g/mol. The Bertz CT molecular complexity index is 86.5. The lowest BCUT2D eigenvalue weighted by molar-refractivity contribution is 0.442. The molecule has 0 N–H and O–H groups in total. The van der Waals surface area contributed by atoms with E-state index in [1.54, 1.807) is 0 Å². The summed E-state index contributed by atoms with van der Waals surface area (Å²) in [5, 5.41) is 0. The van der Waals surface area contributed by atoms with E-state index in [0.717, 1.165) is 5.76 Å². The Morgan fingerprint density at radius 2 is 2.00 bits per heavy atom. The van der Waals surface area contributed by atoms with Crippen LogP contribution in [0.4, 0.5) is 0 Å². The van der Waals surface area contributed by atoms with Crippen molar-refractivity contribution in [2.45, 2.75) is 27.5 Å². The van der Waals surface area contributed by atoms with Gasteiger partial charge in [0.1, 0.15) is 0 Å². The molecule has 0 aliphatic heterocycles. The van der Waals surface area contributed by atoms with E-state index in [9.17, 15) is 0 Å². The molecular formula is C6H13BO. The van der Waals surface area contributed by atoms with Crippen molar-refractivity contribution in [3.05, 3.63) is 11.8 Å². The fourth-order valence-corrected chi connectivity index (χ4v) is 0.440. The summed E-state index contributed by atoms with van der Waals surface area (Å²) in [7, 11) is 0. The molecular weight excluding hydrogens is 98.9 g/mol. The maximum atomic E-state index is 5.26. The van der Waals surface area contributed by atoms with Crippen molar-refractivity contribution in [3.63, 3.8) is 0 Å². The van der Waals surface area contributed by atoms with Gasteiger partial charge < -0.3 is 4.65 Å². The van der Waals surface area contributed by atoms with E-state index in [1.807, 2.05) is 33.6 Å². The van der Waals surface area contributed by atoms with Gasteiger partial charge in [-0.05, 0) is 27.5 Å². The van der Waals surface area contributed by atoms with E-state index in [4.69, 9.17) is 4.65 Å². The van der Waals surface area contributed by atoms with Gasteiger partial charge in [-0.1, -0.05) is 6.08 Å². The van der Waals surface area contributed by atoms with Gasteiger partial charge in [0.15, 0.2) is 0 Å². The van der Waals surface area contributed by atoms with E-state index in [-0.39, 0.29) is 0 Å². The normalized spacial score (nSPS) is 11.2. The molecule has 0 saturated carbocycles. The molecule has 0 atom stereocenters. The summed E-state index contributed by atoms with van der Waals surface area (Å²) in [6, 6.07) is 0. The molecule has 0 bridgehead atoms. The highest BCUT2D eigenvalue weighted by molar-refractivity contribution is 6.48. The average Bonchev–Trinajstić information content (AvgIpc) is 1.65. The van der Waals surface area contributed by atoms with Gasteiger partial charge in [-0.2, -0.15) is 0 Å². The third kappa shape index (κ3) is 3.78. The molecule has 0 spiro atoms. The highest BCUT2D eigenvalue weighted by Crippen LogP contribution is 1.96. The predicted octanol–water partition coefficient (Wildman–Crippen LogP) is 2.18. The first-order valence-electron chi connectivity index (χ1n) is 2.96. The summed E-state index contributed by atoms with van der Waals surface area (Å²) < 4.78 is 5.26. The predicted molar refractivity (Wildman–Crippen MR) is 38.0 cm³/mol. The molecule has 1 nitrogen and oxygen atoms in total. The Hall–Kier alpha value is -0.395. The van der Waals surface area contributed by atoms with E-state index < -0.39 is 0 Å². The van der Waals surface area contributed by atoms with Crippen LogP contribution in [-0.2, 0) is 4.65 Å². The fourth-order valence-electron chi connectivity index (χ4n) is 0.440. The zero-order valence-corrected chi connectivity index (χ0v) is 6.06. The summed E-state index contributed by atoms with van der Waals surface area (Å²) in [6.45, 7) is 8.28. The Balaban J connectivity index is 3.39. The van der Waals surface area contributed by atoms with Crippen LogP contribution in [0.15, 0.2) is 11.8 Å². The third-order valence-electron chi connectivity index (χ3n) is 0.828. The zero-order valence-electron chi connectivity index (χ0n) is 6.06. The van der Waals surface area contributed by atoms with Gasteiger partial charge in [-0.15, -0.1) is 0 Å². The lowest BCUT2D eigenvalue weighted by Crippen LogP contribution is -2.04. The third-order valence-corrected chi connectivity index (χ3v) is 0.828. The second-order valence-electron chi connectivity index (χ2n) is 2.07. The van der Waals surface area contributed by atoms with Crippen LogP contribution in [0.2, 0.25) is 13.6 Å². The molecule has 0 aromatic heterocycles. The smallest absolute Gasteiger partial charge is 0.351 e. The first-order chi connectivity index (χ1) is 3.66. The maximum Gasteiger partial charge on any atom is 0.351 e. The van der Waals surface area contributed by atoms with Crippen molar-refractivity contribution in [2.75, 3.05) is 0 Å². The van der Waals surface area contributed by atoms with Crippen molar-refractivity contribution < 1.29 is 4.65 Å². The van der Waals surface area contributed by atoms with Crippen LogP contribution in [0.1, 0.15) is 13.8 Å². The minimum atomic E-state index is 0.311. The molecule has 0 unspecified atom stereocenters. The van der Waals surface area contributed by atoms with Crippen molar-refractivity contribution in [1.29, 1.82) is 0 Å². The molecule has 2 heteroatoms. The topological polar surface area (TPSA) is 9.23 Å². The number of rotatable bonds is 2. The van der Waals surface area contributed by atoms with Gasteiger partial charge in [0, 0.05) is 0 Å². The molecule has 46 valence electrons. The molecule has 0 amide bonds. The molecule has 0 aromatic carbocycles. The van der Waals surface area contributed by atoms with Crippen molar-refractivity contribution in [3.8, 4) is 0 Å². The second-order valence-corrected chi connectivity index (χ2v) is 2.07. The first kappa shape index (κ1) is 7.60. The SMILES string of the molecule is C/C=C(\C)OB(C)C. The number of hydrogen-bond donors (Lipinski definition) is 0. The van der Waals surface area contributed by atoms with E-state index >= 15 is 0 Å². The standard InChI is InChI=1S/C6H13BO/c1-5-6(2)8-7(3)4/h5H,1-4H3/b6-5+. The Kier molecular flexibility index (Phi) is 3.41. The maximum absolute atomic E-state index is 5.26. The van der Waals surface area contributed by atoms with Crippen LogP contribution in [-0.4, -0.2) is 6.92 Å². The van der Waals surface area contributed by atoms with Gasteiger partial charge in [0.2, 0.25) is 0 Å². The van der Waals surface area contributed by atoms with Gasteiger partial charge in [0.05, 0.1) is 5.76 Å². The Morgan fingerprint density at radius 1 is 1.50 bits per heavy atom. The van der Waals surface area contributed by atoms with Crippen LogP contribution in [0.5, 0.6) is 0 Å². The summed E-state index contributed by atoms with van der Waals surface area (Å²) in [5.41, 5.74) is 0. The van der Waals surface area contributed by atoms with Gasteiger partial charge in [0.25, 0.3) is 0 Å². The minimum Gasteiger partial charge on any atom is -0.565 e. The van der Waals surface area contributed by atoms with E-state index in [0.29, 0.717) is 6.92 Å². The highest BCUT2D eigenvalue weighted by Gasteiger charge is 1.97. The molecule has 0 heterocycles. The van der Waals surface area contributed by atoms with Crippen LogP contribution < -0.4 is 0 Å². The van der Waals surface area contributed by atoms with Crippen molar-refractivity contribution in [1.82, 2.24) is 0 Å². The molecule has 0 aromatic rings. The summed E-state index contributed by atoms with van der Waals surface area (Å²) in [5.74, 6) is 1.00. The highest BCUT2D eigenvalue weighted by atomic mass is 16.4. The first-order valence-corrected chi connectivity index (χ1v) is 2.96. The van der Waals surface area contributed by atoms with E-state index in [1.165, 1.54) is 0 Å². The summed E-state index contributed by atoms with van der Waals surface area (Å²) >= 11 is 0. The molecule has 0 rings (SSSR count). The molecule has 0 aliphatic carbocycles. The molecule has 0 saturated heterocycles. The minimum absolute atomic E-state index is 0.311. The van der Waals surface area contributed by atoms with E-state index in [2.05, 4.69) is 0 Å². The second kappa shape index (κ2) is 3.59. The van der Waals surface area contributed by atoms with Gasteiger partial charge >= 0.3 is 6.92 Å². The fraction of sp³-hybridized carbons (Fsp3) is 0.667. The Labute approximate surface area is 51.8 Å². The summed E-state index contributed by atoms with van der Waals surface area (Å²) in [6.07, 6.45) is 1.96. The van der Waals surface area contributed by atoms with Crippen molar-refractivity contribution in [2.24, 2.45) is 0 Å². The molecule has 0 aliphatic rings. The lowest BCUT2D eigenvalue weighted by atomic mass is 9.75. The zero-order chi connectivity index (χ0) is 6.57. The van der Waals surface area contributed by atoms with Crippen molar-refractivity contribution >= 4 is 6.92 Å². The largest absolute Gasteiger partial charge is 0.565 e. The van der Waals surface area contributed by atoms with Gasteiger partial charge in [-0.25, -0.2) is 0 Å². The number of hydrogen-bond acceptors (Lipinski definition) is 1. The summed E-state index contributed by atoms with van der Waals surface area (Å²) in [4.78, 5) is 0. The van der Waals surface area contributed by atoms with Crippen LogP contribution in [0.3, 0.4) is 0 Å². The van der Waals surface area contributed by atoms with Gasteiger partial charge in [-0.3, -0.25) is 0 Å². The van der Waals surface area contributed by atoms with Crippen LogP contribution in [0, 0.1) is 0 Å². The van der Waals surface area contributed by atoms with Crippen LogP contribution in [0.25, 0.3) is 0 Å². The lowest BCUT2D eigenvalue weighted by Gasteiger charge is -2.05. The quantitative estimate of drug-likeness (QED) is 0.393. The average molecular weight is 112 g/mol. The molecule has 0 radical (unpaired) electrons. The molecule has 8 heavy (non-hydrogen) atoms. The Morgan fingerprint density at radius 3 is 2.12 bits per heavy atom. The van der Waals surface area contributed by atoms with Crippen LogP contribution >= 0.6 is 0 Å². The number of allylic oxidation sites excluding steroid dienone is 2. The molecule has 0 fully saturated rings.